The maximum Gasteiger partial charge on any atom is 0.255 e. The van der Waals surface area contributed by atoms with Crippen LogP contribution in [-0.4, -0.2) is 87.1 Å². The molecule has 0 saturated carbocycles. The Morgan fingerprint density at radius 1 is 1.27 bits per heavy atom. The molecule has 8 nitrogen and oxygen atoms in total. The largest absolute Gasteiger partial charge is 0.387 e. The van der Waals surface area contributed by atoms with Gasteiger partial charge in [0.25, 0.3) is 5.91 Å². The van der Waals surface area contributed by atoms with Gasteiger partial charge < -0.3 is 14.7 Å². The van der Waals surface area contributed by atoms with E-state index >= 15 is 0 Å². The molecule has 0 bridgehead atoms. The number of aromatic nitrogens is 3. The van der Waals surface area contributed by atoms with Crippen molar-refractivity contribution in [1.29, 1.82) is 0 Å². The molecular formula is C18H23N5O3. The molecular weight excluding hydrogens is 334 g/mol. The summed E-state index contributed by atoms with van der Waals surface area (Å²) in [7, 11) is 0. The molecule has 0 radical (unpaired) electrons. The molecule has 1 N–H and O–H groups in total. The van der Waals surface area contributed by atoms with Crippen molar-refractivity contribution in [2.24, 2.45) is 0 Å². The van der Waals surface area contributed by atoms with Gasteiger partial charge in [0, 0.05) is 44.8 Å². The third-order valence-corrected chi connectivity index (χ3v) is 4.98. The molecule has 0 spiro atoms. The molecule has 2 fully saturated rings. The average molecular weight is 357 g/mol. The van der Waals surface area contributed by atoms with Crippen LogP contribution in [0.4, 0.5) is 0 Å². The minimum absolute atomic E-state index is 0.0950. The number of pyridine rings is 1. The Balaban J connectivity index is 1.39. The van der Waals surface area contributed by atoms with Gasteiger partial charge >= 0.3 is 0 Å². The first-order valence-corrected chi connectivity index (χ1v) is 8.91. The Bertz CT molecular complexity index is 743. The lowest BCUT2D eigenvalue weighted by atomic mass is 10.0. The summed E-state index contributed by atoms with van der Waals surface area (Å²) in [5.74, 6) is 0.569. The summed E-state index contributed by atoms with van der Waals surface area (Å²) in [6.07, 6.45) is 5.64. The van der Waals surface area contributed by atoms with Crippen molar-refractivity contribution in [3.63, 3.8) is 0 Å². The number of ether oxygens (including phenoxy) is 1. The van der Waals surface area contributed by atoms with Crippen LogP contribution in [0.25, 0.3) is 5.82 Å². The second-order valence-electron chi connectivity index (χ2n) is 6.95. The van der Waals surface area contributed by atoms with Crippen molar-refractivity contribution in [2.75, 3.05) is 45.9 Å². The molecule has 2 aromatic heterocycles. The minimum Gasteiger partial charge on any atom is -0.387 e. The Morgan fingerprint density at radius 3 is 2.81 bits per heavy atom. The summed E-state index contributed by atoms with van der Waals surface area (Å²) in [4.78, 5) is 21.0. The average Bonchev–Trinajstić information content (AvgIpc) is 3.32. The standard InChI is InChI=1S/C18H23N5O3/c24-17(15-2-3-16(19-12-15)23-6-1-5-20-23)22-7-4-18(25,14-22)13-21-8-10-26-11-9-21/h1-3,5-6,12,25H,4,7-11,13-14H2/t18-/m1/s1. The number of hydrogen-bond donors (Lipinski definition) is 1. The first-order valence-electron chi connectivity index (χ1n) is 8.91. The van der Waals surface area contributed by atoms with Crippen LogP contribution in [0.5, 0.6) is 0 Å². The summed E-state index contributed by atoms with van der Waals surface area (Å²) in [6, 6.07) is 5.35. The minimum atomic E-state index is -0.852. The highest BCUT2D eigenvalue weighted by molar-refractivity contribution is 5.94. The number of amides is 1. The van der Waals surface area contributed by atoms with Crippen LogP contribution in [-0.2, 0) is 4.74 Å². The fraction of sp³-hybridized carbons (Fsp3) is 0.500. The number of morpholine rings is 1. The lowest BCUT2D eigenvalue weighted by Crippen LogP contribution is -2.49. The number of carbonyl (C=O) groups excluding carboxylic acids is 1. The molecule has 1 atom stereocenters. The van der Waals surface area contributed by atoms with Gasteiger partial charge in [0.2, 0.25) is 0 Å². The van der Waals surface area contributed by atoms with Crippen molar-refractivity contribution < 1.29 is 14.6 Å². The molecule has 4 rings (SSSR count). The summed E-state index contributed by atoms with van der Waals surface area (Å²) in [6.45, 7) is 4.55. The molecule has 2 aromatic rings. The van der Waals surface area contributed by atoms with E-state index in [4.69, 9.17) is 4.74 Å². The maximum absolute atomic E-state index is 12.7. The smallest absolute Gasteiger partial charge is 0.255 e. The number of β-amino-alcohol motifs (C(OH)–C–C–N with tert-alkyl or cyclic N) is 1. The van der Waals surface area contributed by atoms with Gasteiger partial charge in [-0.25, -0.2) is 9.67 Å². The van der Waals surface area contributed by atoms with Gasteiger partial charge in [-0.05, 0) is 24.6 Å². The summed E-state index contributed by atoms with van der Waals surface area (Å²) in [5, 5.41) is 15.0. The van der Waals surface area contributed by atoms with E-state index in [0.717, 1.165) is 13.1 Å². The maximum atomic E-state index is 12.7. The molecule has 8 heteroatoms. The molecule has 26 heavy (non-hydrogen) atoms. The van der Waals surface area contributed by atoms with Gasteiger partial charge in [-0.2, -0.15) is 5.10 Å². The fourth-order valence-corrected chi connectivity index (χ4v) is 3.57. The van der Waals surface area contributed by atoms with E-state index in [-0.39, 0.29) is 5.91 Å². The summed E-state index contributed by atoms with van der Waals surface area (Å²) >= 11 is 0. The zero-order chi connectivity index (χ0) is 18.0. The van der Waals surface area contributed by atoms with E-state index in [1.54, 1.807) is 40.3 Å². The number of rotatable bonds is 4. The van der Waals surface area contributed by atoms with Crippen molar-refractivity contribution in [3.8, 4) is 5.82 Å². The van der Waals surface area contributed by atoms with Gasteiger partial charge in [0.05, 0.1) is 30.9 Å². The molecule has 2 aliphatic rings. The monoisotopic (exact) mass is 357 g/mol. The normalized spacial score (nSPS) is 24.1. The third-order valence-electron chi connectivity index (χ3n) is 4.98. The van der Waals surface area contributed by atoms with Gasteiger partial charge in [-0.3, -0.25) is 9.69 Å². The lowest BCUT2D eigenvalue weighted by Gasteiger charge is -2.33. The van der Waals surface area contributed by atoms with E-state index in [2.05, 4.69) is 15.0 Å². The highest BCUT2D eigenvalue weighted by Gasteiger charge is 2.39. The first-order chi connectivity index (χ1) is 12.6. The van der Waals surface area contributed by atoms with E-state index in [0.29, 0.717) is 50.7 Å². The number of hydrogen-bond acceptors (Lipinski definition) is 6. The SMILES string of the molecule is O=C(c1ccc(-n2cccn2)nc1)N1CC[C@@](O)(CN2CCOCC2)C1. The highest BCUT2D eigenvalue weighted by Crippen LogP contribution is 2.24. The molecule has 138 valence electrons. The van der Waals surface area contributed by atoms with Gasteiger partial charge in [0.15, 0.2) is 5.82 Å². The van der Waals surface area contributed by atoms with Gasteiger partial charge in [0.1, 0.15) is 0 Å². The van der Waals surface area contributed by atoms with Gasteiger partial charge in [-0.15, -0.1) is 0 Å². The van der Waals surface area contributed by atoms with E-state index in [9.17, 15) is 9.90 Å². The third kappa shape index (κ3) is 3.62. The molecule has 4 heterocycles. The number of carbonyl (C=O) groups is 1. The van der Waals surface area contributed by atoms with Crippen LogP contribution in [0.3, 0.4) is 0 Å². The van der Waals surface area contributed by atoms with E-state index in [1.165, 1.54) is 0 Å². The van der Waals surface area contributed by atoms with Crippen LogP contribution >= 0.6 is 0 Å². The zero-order valence-electron chi connectivity index (χ0n) is 14.6. The van der Waals surface area contributed by atoms with Crippen LogP contribution in [0.1, 0.15) is 16.8 Å². The van der Waals surface area contributed by atoms with Crippen LogP contribution in [0.2, 0.25) is 0 Å². The summed E-state index contributed by atoms with van der Waals surface area (Å²) < 4.78 is 6.99. The van der Waals surface area contributed by atoms with Crippen LogP contribution in [0, 0.1) is 0 Å². The number of nitrogens with zero attached hydrogens (tertiary/aromatic N) is 5. The summed E-state index contributed by atoms with van der Waals surface area (Å²) in [5.41, 5.74) is -0.327. The predicted molar refractivity (Wildman–Crippen MR) is 94.1 cm³/mol. The first kappa shape index (κ1) is 17.1. The van der Waals surface area contributed by atoms with Gasteiger partial charge in [-0.1, -0.05) is 0 Å². The lowest BCUT2D eigenvalue weighted by molar-refractivity contribution is -0.0257. The van der Waals surface area contributed by atoms with E-state index < -0.39 is 5.60 Å². The highest BCUT2D eigenvalue weighted by atomic mass is 16.5. The fourth-order valence-electron chi connectivity index (χ4n) is 3.57. The Labute approximate surface area is 152 Å². The molecule has 2 saturated heterocycles. The molecule has 1 amide bonds. The zero-order valence-corrected chi connectivity index (χ0v) is 14.6. The van der Waals surface area contributed by atoms with E-state index in [1.807, 2.05) is 6.07 Å². The Hall–Kier alpha value is -2.29. The van der Waals surface area contributed by atoms with Crippen molar-refractivity contribution >= 4 is 5.91 Å². The predicted octanol–water partition coefficient (Wildman–Crippen LogP) is 0.177. The molecule has 0 aromatic carbocycles. The van der Waals surface area contributed by atoms with Crippen molar-refractivity contribution in [3.05, 3.63) is 42.4 Å². The Kier molecular flexibility index (Phi) is 4.71. The van der Waals surface area contributed by atoms with Crippen LogP contribution < -0.4 is 0 Å². The molecule has 2 aliphatic heterocycles. The molecule has 0 aliphatic carbocycles. The topological polar surface area (TPSA) is 83.7 Å². The Morgan fingerprint density at radius 2 is 2.12 bits per heavy atom. The number of likely N-dealkylation sites (tertiary alicyclic amines) is 1. The van der Waals surface area contributed by atoms with Crippen molar-refractivity contribution in [2.45, 2.75) is 12.0 Å². The number of aliphatic hydroxyl groups is 1. The quantitative estimate of drug-likeness (QED) is 0.840. The second kappa shape index (κ2) is 7.14. The molecule has 0 unspecified atom stereocenters. The second-order valence-corrected chi connectivity index (χ2v) is 6.95. The van der Waals surface area contributed by atoms with Crippen LogP contribution in [0.15, 0.2) is 36.8 Å². The van der Waals surface area contributed by atoms with Crippen molar-refractivity contribution in [1.82, 2.24) is 24.6 Å².